The molecule has 0 spiro atoms. The molecule has 15 heavy (non-hydrogen) atoms. The van der Waals surface area contributed by atoms with Crippen molar-refractivity contribution in [3.8, 4) is 0 Å². The fourth-order valence-corrected chi connectivity index (χ4v) is 1.84. The molecule has 0 rings (SSSR count). The third kappa shape index (κ3) is 13.9. The maximum Gasteiger partial charge on any atom is 0.0752 e. The van der Waals surface area contributed by atoms with Crippen LogP contribution >= 0.6 is 0 Å². The summed E-state index contributed by atoms with van der Waals surface area (Å²) in [4.78, 5) is 0. The Labute approximate surface area is 95.4 Å². The zero-order chi connectivity index (χ0) is 11.4. The lowest BCUT2D eigenvalue weighted by Gasteiger charge is -2.04. The third-order valence-corrected chi connectivity index (χ3v) is 2.85. The van der Waals surface area contributed by atoms with Gasteiger partial charge < -0.3 is 10.7 Å². The van der Waals surface area contributed by atoms with Crippen LogP contribution in [0.15, 0.2) is 0 Å². The molecule has 0 aliphatic heterocycles. The summed E-state index contributed by atoms with van der Waals surface area (Å²) in [6.07, 6.45) is 12.0. The zero-order valence-corrected chi connectivity index (χ0v) is 10.6. The van der Waals surface area contributed by atoms with Crippen molar-refractivity contribution in [2.24, 2.45) is 5.92 Å². The molecule has 0 saturated heterocycles. The molecule has 0 aromatic carbocycles. The summed E-state index contributed by atoms with van der Waals surface area (Å²) in [6, 6.07) is 0. The van der Waals surface area contributed by atoms with E-state index in [-0.39, 0.29) is 0 Å². The summed E-state index contributed by atoms with van der Waals surface area (Å²) in [5, 5.41) is 10.1. The highest BCUT2D eigenvalue weighted by atomic mass is 16.5. The molecule has 0 aromatic rings. The zero-order valence-electron chi connectivity index (χ0n) is 10.6. The Morgan fingerprint density at radius 2 is 1.27 bits per heavy atom. The van der Waals surface area contributed by atoms with Crippen LogP contribution in [0.3, 0.4) is 0 Å². The average molecular weight is 215 g/mol. The van der Waals surface area contributed by atoms with E-state index in [1.54, 1.807) is 0 Å². The van der Waals surface area contributed by atoms with Gasteiger partial charge in [-0.25, -0.2) is 0 Å². The van der Waals surface area contributed by atoms with Crippen molar-refractivity contribution >= 4 is 0 Å². The lowest BCUT2D eigenvalue weighted by Crippen LogP contribution is -2.77. The molecule has 0 aromatic heterocycles. The molecule has 0 amide bonds. The van der Waals surface area contributed by atoms with E-state index in [9.17, 15) is 5.21 Å². The first kappa shape index (κ1) is 14.9. The summed E-state index contributed by atoms with van der Waals surface area (Å²) in [5.41, 5.74) is 1.03. The van der Waals surface area contributed by atoms with Gasteiger partial charge >= 0.3 is 0 Å². The molecule has 0 atom stereocenters. The highest BCUT2D eigenvalue weighted by molar-refractivity contribution is 4.49. The molecular formula is C13H29NO. The van der Waals surface area contributed by atoms with Gasteiger partial charge in [-0.15, -0.1) is 0 Å². The van der Waals surface area contributed by atoms with Gasteiger partial charge in [0.15, 0.2) is 0 Å². The van der Waals surface area contributed by atoms with Crippen molar-refractivity contribution in [2.45, 2.75) is 71.6 Å². The predicted octanol–water partition coefficient (Wildman–Crippen LogP) is 3.21. The van der Waals surface area contributed by atoms with Crippen LogP contribution in [-0.2, 0) is 0 Å². The van der Waals surface area contributed by atoms with Crippen LogP contribution in [0.2, 0.25) is 0 Å². The Balaban J connectivity index is 2.87. The maximum absolute atomic E-state index is 10.1. The van der Waals surface area contributed by atoms with E-state index in [4.69, 9.17) is 0 Å². The first-order chi connectivity index (χ1) is 7.27. The van der Waals surface area contributed by atoms with Gasteiger partial charge in [0.25, 0.3) is 0 Å². The minimum Gasteiger partial charge on any atom is -0.636 e. The highest BCUT2D eigenvalue weighted by Crippen LogP contribution is 2.12. The second-order valence-corrected chi connectivity index (χ2v) is 4.97. The van der Waals surface area contributed by atoms with Gasteiger partial charge in [-0.3, -0.25) is 0 Å². The Morgan fingerprint density at radius 3 is 1.73 bits per heavy atom. The summed E-state index contributed by atoms with van der Waals surface area (Å²) in [6.45, 7) is 5.36. The molecule has 0 heterocycles. The molecule has 0 aliphatic carbocycles. The van der Waals surface area contributed by atoms with Gasteiger partial charge in [-0.2, -0.15) is 0 Å². The van der Waals surface area contributed by atoms with E-state index in [0.29, 0.717) is 0 Å². The Hall–Kier alpha value is -0.0800. The summed E-state index contributed by atoms with van der Waals surface area (Å²) in [7, 11) is 0. The first-order valence-electron chi connectivity index (χ1n) is 6.71. The summed E-state index contributed by atoms with van der Waals surface area (Å²) < 4.78 is 0. The van der Waals surface area contributed by atoms with Gasteiger partial charge in [0.05, 0.1) is 6.54 Å². The standard InChI is InChI=1S/C13H29NO/c1-13(2)11-9-7-5-3-4-6-8-10-12-14-15/h13H,3-12,14H2,1-2H3. The fraction of sp³-hybridized carbons (Fsp3) is 1.00. The lowest BCUT2D eigenvalue weighted by atomic mass is 10.0. The minimum atomic E-state index is 0.758. The fourth-order valence-electron chi connectivity index (χ4n) is 1.84. The quantitative estimate of drug-likeness (QED) is 0.417. The van der Waals surface area contributed by atoms with Crippen LogP contribution in [-0.4, -0.2) is 6.54 Å². The monoisotopic (exact) mass is 215 g/mol. The molecule has 92 valence electrons. The van der Waals surface area contributed by atoms with Crippen LogP contribution in [0.25, 0.3) is 0 Å². The van der Waals surface area contributed by atoms with Crippen molar-refractivity contribution in [1.29, 1.82) is 0 Å². The van der Waals surface area contributed by atoms with Gasteiger partial charge in [-0.05, 0) is 18.8 Å². The lowest BCUT2D eigenvalue weighted by molar-refractivity contribution is -0.589. The molecule has 2 nitrogen and oxygen atoms in total. The predicted molar refractivity (Wildman–Crippen MR) is 66.6 cm³/mol. The molecule has 2 N–H and O–H groups in total. The normalized spacial score (nSPS) is 11.2. The summed E-state index contributed by atoms with van der Waals surface area (Å²) >= 11 is 0. The van der Waals surface area contributed by atoms with Crippen molar-refractivity contribution in [2.75, 3.05) is 6.54 Å². The van der Waals surface area contributed by atoms with E-state index >= 15 is 0 Å². The van der Waals surface area contributed by atoms with Crippen LogP contribution in [0.1, 0.15) is 71.6 Å². The number of hydrogen-bond acceptors (Lipinski definition) is 1. The maximum atomic E-state index is 10.1. The van der Waals surface area contributed by atoms with Crippen molar-refractivity contribution < 1.29 is 5.48 Å². The first-order valence-corrected chi connectivity index (χ1v) is 6.71. The average Bonchev–Trinajstić information content (AvgIpc) is 2.20. The number of rotatable bonds is 11. The number of nitrogens with two attached hydrogens (primary N) is 1. The number of hydrogen-bond donors (Lipinski definition) is 1. The van der Waals surface area contributed by atoms with E-state index in [1.165, 1.54) is 51.4 Å². The Morgan fingerprint density at radius 1 is 0.800 bits per heavy atom. The van der Waals surface area contributed by atoms with Crippen molar-refractivity contribution in [3.05, 3.63) is 5.21 Å². The van der Waals surface area contributed by atoms with Crippen LogP contribution in [0.5, 0.6) is 0 Å². The van der Waals surface area contributed by atoms with Crippen molar-refractivity contribution in [1.82, 2.24) is 0 Å². The highest BCUT2D eigenvalue weighted by Gasteiger charge is 1.95. The van der Waals surface area contributed by atoms with E-state index in [2.05, 4.69) is 13.8 Å². The number of hydroxylamine groups is 1. The molecule has 0 bridgehead atoms. The largest absolute Gasteiger partial charge is 0.636 e. The van der Waals surface area contributed by atoms with E-state index in [0.717, 1.165) is 24.4 Å². The Bertz CT molecular complexity index is 115. The number of unbranched alkanes of at least 4 members (excludes halogenated alkanes) is 7. The van der Waals surface area contributed by atoms with E-state index in [1.807, 2.05) is 0 Å². The van der Waals surface area contributed by atoms with Gasteiger partial charge in [0.2, 0.25) is 0 Å². The molecule has 0 radical (unpaired) electrons. The van der Waals surface area contributed by atoms with Gasteiger partial charge in [-0.1, -0.05) is 58.8 Å². The van der Waals surface area contributed by atoms with Crippen LogP contribution in [0, 0.1) is 11.1 Å². The van der Waals surface area contributed by atoms with E-state index < -0.39 is 0 Å². The van der Waals surface area contributed by atoms with Crippen LogP contribution < -0.4 is 5.48 Å². The third-order valence-electron chi connectivity index (χ3n) is 2.85. The topological polar surface area (TPSA) is 39.7 Å². The second-order valence-electron chi connectivity index (χ2n) is 4.97. The molecule has 0 saturated carbocycles. The van der Waals surface area contributed by atoms with Gasteiger partial charge in [0, 0.05) is 0 Å². The SMILES string of the molecule is CC(C)CCCCCCCCCC[NH2+][O-]. The molecule has 2 heteroatoms. The molecule has 0 fully saturated rings. The van der Waals surface area contributed by atoms with Gasteiger partial charge in [0.1, 0.15) is 0 Å². The smallest absolute Gasteiger partial charge is 0.0752 e. The summed E-state index contributed by atoms with van der Waals surface area (Å²) in [5.74, 6) is 0.869. The van der Waals surface area contributed by atoms with Crippen LogP contribution in [0.4, 0.5) is 0 Å². The second kappa shape index (κ2) is 12.0. The molecule has 0 aliphatic rings. The van der Waals surface area contributed by atoms with Crippen molar-refractivity contribution in [3.63, 3.8) is 0 Å². The molecule has 0 unspecified atom stereocenters. The number of quaternary nitrogens is 1. The molecular weight excluding hydrogens is 186 g/mol. The minimum absolute atomic E-state index is 0.758. The Kier molecular flexibility index (Phi) is 11.9.